The maximum atomic E-state index is 12.7. The Morgan fingerprint density at radius 2 is 1.94 bits per heavy atom. The normalized spacial score (nSPS) is 24.1. The molecule has 2 atom stereocenters. The van der Waals surface area contributed by atoms with Crippen molar-refractivity contribution in [3.05, 3.63) is 77.5 Å². The van der Waals surface area contributed by atoms with E-state index in [1.54, 1.807) is 0 Å². The predicted octanol–water partition coefficient (Wildman–Crippen LogP) is 2.48. The number of fused-ring (bicyclic) bond motifs is 1. The van der Waals surface area contributed by atoms with Gasteiger partial charge in [-0.3, -0.25) is 9.69 Å². The number of hydrogen-bond acceptors (Lipinski definition) is 4. The Hall–Kier alpha value is -3.81. The molecule has 2 saturated heterocycles. The zero-order valence-electron chi connectivity index (χ0n) is 16.8. The van der Waals surface area contributed by atoms with Gasteiger partial charge in [-0.1, -0.05) is 43.0 Å². The number of carbonyl (C=O) groups excluding carboxylic acids is 3. The highest BCUT2D eigenvalue weighted by Gasteiger charge is 2.45. The lowest BCUT2D eigenvalue weighted by Gasteiger charge is -2.22. The molecule has 0 aromatic heterocycles. The van der Waals surface area contributed by atoms with Crippen LogP contribution in [0, 0.1) is 0 Å². The fourth-order valence-electron chi connectivity index (χ4n) is 4.57. The van der Waals surface area contributed by atoms with E-state index in [2.05, 4.69) is 22.5 Å². The summed E-state index contributed by atoms with van der Waals surface area (Å²) in [5.74, 6) is -0.298. The van der Waals surface area contributed by atoms with Crippen LogP contribution in [0.2, 0.25) is 0 Å². The Morgan fingerprint density at radius 3 is 2.68 bits per heavy atom. The molecule has 1 spiro atoms. The van der Waals surface area contributed by atoms with Crippen LogP contribution in [-0.2, 0) is 22.4 Å². The molecule has 2 aliphatic heterocycles. The zero-order valence-corrected chi connectivity index (χ0v) is 16.8. The highest BCUT2D eigenvalue weighted by Crippen LogP contribution is 2.37. The van der Waals surface area contributed by atoms with Gasteiger partial charge in [-0.05, 0) is 28.8 Å². The summed E-state index contributed by atoms with van der Waals surface area (Å²) in [6.45, 7) is 4.10. The minimum absolute atomic E-state index is 0.101. The molecule has 158 valence electrons. The fourth-order valence-corrected chi connectivity index (χ4v) is 4.57. The number of nitrogens with zero attached hydrogens (tertiary/aromatic N) is 1. The minimum atomic E-state index is -0.510. The van der Waals surface area contributed by atoms with E-state index in [0.717, 1.165) is 16.7 Å². The molecule has 3 aliphatic rings. The van der Waals surface area contributed by atoms with Crippen LogP contribution in [0.25, 0.3) is 0 Å². The number of nitrogens with one attached hydrogen (secondary N) is 3. The average Bonchev–Trinajstić information content (AvgIpc) is 3.37. The molecule has 5 rings (SSSR count). The second-order valence-corrected chi connectivity index (χ2v) is 8.16. The second kappa shape index (κ2) is 7.16. The van der Waals surface area contributed by atoms with Crippen molar-refractivity contribution in [2.75, 3.05) is 18.5 Å². The van der Waals surface area contributed by atoms with Crippen molar-refractivity contribution in [1.82, 2.24) is 15.5 Å². The van der Waals surface area contributed by atoms with Crippen molar-refractivity contribution in [2.24, 2.45) is 0 Å². The van der Waals surface area contributed by atoms with Gasteiger partial charge < -0.3 is 20.7 Å². The van der Waals surface area contributed by atoms with Crippen LogP contribution in [0.4, 0.5) is 15.3 Å². The van der Waals surface area contributed by atoms with Crippen LogP contribution >= 0.6 is 0 Å². The van der Waals surface area contributed by atoms with E-state index in [4.69, 9.17) is 4.74 Å². The van der Waals surface area contributed by atoms with Gasteiger partial charge in [0.15, 0.2) is 0 Å². The van der Waals surface area contributed by atoms with Gasteiger partial charge in [0.2, 0.25) is 5.91 Å². The minimum Gasteiger partial charge on any atom is -0.447 e. The predicted molar refractivity (Wildman–Crippen MR) is 113 cm³/mol. The van der Waals surface area contributed by atoms with Crippen LogP contribution in [0.15, 0.2) is 60.8 Å². The summed E-state index contributed by atoms with van der Waals surface area (Å²) in [6.07, 6.45) is 0.771. The molecule has 31 heavy (non-hydrogen) atoms. The van der Waals surface area contributed by atoms with Crippen molar-refractivity contribution in [3.8, 4) is 0 Å². The molecule has 0 bridgehead atoms. The maximum absolute atomic E-state index is 12.7. The highest BCUT2D eigenvalue weighted by molar-refractivity contribution is 5.94. The highest BCUT2D eigenvalue weighted by atomic mass is 16.6. The van der Waals surface area contributed by atoms with Crippen molar-refractivity contribution in [3.63, 3.8) is 0 Å². The van der Waals surface area contributed by atoms with Crippen LogP contribution in [0.1, 0.15) is 22.7 Å². The SMILES string of the molecule is C=C1NC(=O)NC12Cc1ccc(NC(=O)CN3C(=O)OC[C@H]3c3ccccc3)cc1C2. The second-order valence-electron chi connectivity index (χ2n) is 8.16. The third-order valence-electron chi connectivity index (χ3n) is 6.14. The largest absolute Gasteiger partial charge is 0.447 e. The van der Waals surface area contributed by atoms with E-state index in [-0.39, 0.29) is 31.1 Å². The van der Waals surface area contributed by atoms with Gasteiger partial charge in [0.25, 0.3) is 0 Å². The lowest BCUT2D eigenvalue weighted by molar-refractivity contribution is -0.117. The molecule has 2 fully saturated rings. The number of benzene rings is 2. The molecule has 1 unspecified atom stereocenters. The summed E-state index contributed by atoms with van der Waals surface area (Å²) in [5, 5.41) is 8.57. The van der Waals surface area contributed by atoms with Gasteiger partial charge in [-0.2, -0.15) is 0 Å². The summed E-state index contributed by atoms with van der Waals surface area (Å²) in [4.78, 5) is 38.0. The van der Waals surface area contributed by atoms with Crippen molar-refractivity contribution >= 4 is 23.7 Å². The molecular formula is C23H22N4O4. The quantitative estimate of drug-likeness (QED) is 0.710. The van der Waals surface area contributed by atoms with E-state index in [9.17, 15) is 14.4 Å². The number of urea groups is 1. The van der Waals surface area contributed by atoms with E-state index < -0.39 is 11.6 Å². The first-order chi connectivity index (χ1) is 14.9. The molecular weight excluding hydrogens is 396 g/mol. The van der Waals surface area contributed by atoms with Crippen LogP contribution in [0.3, 0.4) is 0 Å². The Balaban J connectivity index is 1.27. The number of rotatable bonds is 4. The van der Waals surface area contributed by atoms with E-state index in [0.29, 0.717) is 24.2 Å². The van der Waals surface area contributed by atoms with Crippen molar-refractivity contribution in [2.45, 2.75) is 24.4 Å². The first-order valence-electron chi connectivity index (χ1n) is 10.1. The number of hydrogen-bond donors (Lipinski definition) is 3. The Kier molecular flexibility index (Phi) is 4.43. The van der Waals surface area contributed by atoms with Crippen molar-refractivity contribution < 1.29 is 19.1 Å². The monoisotopic (exact) mass is 418 g/mol. The molecule has 8 heteroatoms. The Morgan fingerprint density at radius 1 is 1.16 bits per heavy atom. The fraction of sp³-hybridized carbons (Fsp3) is 0.261. The molecule has 2 aromatic carbocycles. The van der Waals surface area contributed by atoms with Crippen LogP contribution in [-0.4, -0.2) is 41.6 Å². The van der Waals surface area contributed by atoms with Crippen LogP contribution < -0.4 is 16.0 Å². The average molecular weight is 418 g/mol. The van der Waals surface area contributed by atoms with Gasteiger partial charge in [0.1, 0.15) is 13.2 Å². The van der Waals surface area contributed by atoms with Gasteiger partial charge >= 0.3 is 12.1 Å². The summed E-state index contributed by atoms with van der Waals surface area (Å²) in [6, 6.07) is 14.7. The lowest BCUT2D eigenvalue weighted by atomic mass is 9.94. The number of cyclic esters (lactones) is 1. The molecule has 3 N–H and O–H groups in total. The molecule has 4 amide bonds. The van der Waals surface area contributed by atoms with Gasteiger partial charge in [-0.15, -0.1) is 0 Å². The van der Waals surface area contributed by atoms with E-state index in [1.165, 1.54) is 4.90 Å². The molecule has 0 saturated carbocycles. The number of amides is 4. The molecule has 0 radical (unpaired) electrons. The molecule has 2 heterocycles. The summed E-state index contributed by atoms with van der Waals surface area (Å²) < 4.78 is 5.17. The maximum Gasteiger partial charge on any atom is 0.410 e. The Bertz CT molecular complexity index is 1100. The summed E-state index contributed by atoms with van der Waals surface area (Å²) >= 11 is 0. The van der Waals surface area contributed by atoms with Crippen molar-refractivity contribution in [1.29, 1.82) is 0 Å². The summed E-state index contributed by atoms with van der Waals surface area (Å²) in [5.41, 5.74) is 3.88. The molecule has 1 aliphatic carbocycles. The topological polar surface area (TPSA) is 99.8 Å². The van der Waals surface area contributed by atoms with Gasteiger partial charge in [-0.25, -0.2) is 9.59 Å². The zero-order chi connectivity index (χ0) is 21.6. The Labute approximate surface area is 179 Å². The van der Waals surface area contributed by atoms with Crippen LogP contribution in [0.5, 0.6) is 0 Å². The number of anilines is 1. The first kappa shape index (κ1) is 19.2. The third-order valence-corrected chi connectivity index (χ3v) is 6.14. The smallest absolute Gasteiger partial charge is 0.410 e. The first-order valence-corrected chi connectivity index (χ1v) is 10.1. The van der Waals surface area contributed by atoms with Gasteiger partial charge in [0, 0.05) is 24.2 Å². The standard InChI is InChI=1S/C23H22N4O4/c1-14-23(26-21(29)24-14)10-16-7-8-18(9-17(16)11-23)25-20(28)12-27-19(13-31-22(27)30)15-5-3-2-4-6-15/h2-9,19H,1,10-13H2,(H,25,28)(H2,24,26,29)/t19-,23?/m0/s1. The molecule has 2 aromatic rings. The van der Waals surface area contributed by atoms with E-state index in [1.807, 2.05) is 48.5 Å². The number of carbonyl (C=O) groups is 3. The van der Waals surface area contributed by atoms with E-state index >= 15 is 0 Å². The number of ether oxygens (including phenoxy) is 1. The third kappa shape index (κ3) is 3.39. The molecule has 8 nitrogen and oxygen atoms in total. The lowest BCUT2D eigenvalue weighted by Crippen LogP contribution is -2.42. The van der Waals surface area contributed by atoms with Gasteiger partial charge in [0.05, 0.1) is 11.6 Å². The summed E-state index contributed by atoms with van der Waals surface area (Å²) in [7, 11) is 0.